The van der Waals surface area contributed by atoms with Crippen molar-refractivity contribution in [3.8, 4) is 0 Å². The first-order valence-corrected chi connectivity index (χ1v) is 5.24. The molecule has 1 N–H and O–H groups in total. The van der Waals surface area contributed by atoms with Crippen molar-refractivity contribution in [2.45, 2.75) is 6.92 Å². The van der Waals surface area contributed by atoms with Crippen LogP contribution in [0.3, 0.4) is 0 Å². The molecule has 0 spiro atoms. The van der Waals surface area contributed by atoms with Gasteiger partial charge in [-0.15, -0.1) is 0 Å². The molecule has 92 valence electrons. The van der Waals surface area contributed by atoms with Crippen molar-refractivity contribution >= 4 is 28.9 Å². The van der Waals surface area contributed by atoms with Gasteiger partial charge >= 0.3 is 0 Å². The number of amides is 1. The molecule has 0 aromatic heterocycles. The molecule has 0 heterocycles. The largest absolute Gasteiger partial charge is 0.372 e. The number of anilines is 1. The Balaban J connectivity index is 2.83. The van der Waals surface area contributed by atoms with Gasteiger partial charge in [0.25, 0.3) is 11.6 Å². The summed E-state index contributed by atoms with van der Waals surface area (Å²) in [7, 11) is 0. The van der Waals surface area contributed by atoms with Crippen molar-refractivity contribution in [1.82, 2.24) is 0 Å². The number of nitrogens with one attached hydrogen (secondary N) is 1. The minimum atomic E-state index is -0.609. The van der Waals surface area contributed by atoms with Crippen LogP contribution in [-0.4, -0.2) is 24.0 Å². The van der Waals surface area contributed by atoms with E-state index in [1.54, 1.807) is 6.92 Å². The first-order chi connectivity index (χ1) is 8.04. The van der Waals surface area contributed by atoms with Crippen molar-refractivity contribution < 1.29 is 14.5 Å². The highest BCUT2D eigenvalue weighted by atomic mass is 35.5. The van der Waals surface area contributed by atoms with Crippen molar-refractivity contribution in [3.05, 3.63) is 33.3 Å². The molecule has 1 rings (SSSR count). The molecule has 17 heavy (non-hydrogen) atoms. The van der Waals surface area contributed by atoms with Crippen molar-refractivity contribution in [1.29, 1.82) is 0 Å². The van der Waals surface area contributed by atoms with Gasteiger partial charge in [-0.3, -0.25) is 14.9 Å². The van der Waals surface area contributed by atoms with E-state index in [4.69, 9.17) is 16.3 Å². The Morgan fingerprint density at radius 2 is 2.29 bits per heavy atom. The van der Waals surface area contributed by atoms with Crippen LogP contribution in [0.2, 0.25) is 5.02 Å². The lowest BCUT2D eigenvalue weighted by atomic mass is 10.2. The summed E-state index contributed by atoms with van der Waals surface area (Å²) in [5.74, 6) is -0.447. The summed E-state index contributed by atoms with van der Waals surface area (Å²) in [6, 6.07) is 4.02. The van der Waals surface area contributed by atoms with Crippen LogP contribution >= 0.6 is 11.6 Å². The number of carbonyl (C=O) groups is 1. The van der Waals surface area contributed by atoms with Crippen LogP contribution < -0.4 is 5.32 Å². The topological polar surface area (TPSA) is 81.5 Å². The van der Waals surface area contributed by atoms with Gasteiger partial charge in [0, 0.05) is 17.7 Å². The summed E-state index contributed by atoms with van der Waals surface area (Å²) < 4.78 is 4.88. The number of carbonyl (C=O) groups excluding carboxylic acids is 1. The van der Waals surface area contributed by atoms with E-state index >= 15 is 0 Å². The SMILES string of the molecule is CCOCC(=O)Nc1ccc(Cl)cc1[N+](=O)[O-]. The third kappa shape index (κ3) is 4.01. The van der Waals surface area contributed by atoms with Gasteiger partial charge in [-0.05, 0) is 19.1 Å². The molecule has 0 aliphatic heterocycles. The molecule has 1 amide bonds. The van der Waals surface area contributed by atoms with Crippen molar-refractivity contribution in [2.24, 2.45) is 0 Å². The average molecular weight is 259 g/mol. The van der Waals surface area contributed by atoms with Crippen molar-refractivity contribution in [2.75, 3.05) is 18.5 Å². The molecule has 6 nitrogen and oxygen atoms in total. The first-order valence-electron chi connectivity index (χ1n) is 4.86. The quantitative estimate of drug-likeness (QED) is 0.648. The number of benzene rings is 1. The highest BCUT2D eigenvalue weighted by Gasteiger charge is 2.16. The van der Waals surface area contributed by atoms with E-state index in [1.165, 1.54) is 18.2 Å². The zero-order chi connectivity index (χ0) is 12.8. The molecule has 0 aliphatic carbocycles. The summed E-state index contributed by atoms with van der Waals surface area (Å²) in [6.45, 7) is 2.00. The maximum absolute atomic E-state index is 11.3. The molecule has 0 aliphatic rings. The zero-order valence-corrected chi connectivity index (χ0v) is 9.86. The molecule has 0 bridgehead atoms. The molecule has 0 saturated carbocycles. The van der Waals surface area contributed by atoms with E-state index < -0.39 is 10.8 Å². The Hall–Kier alpha value is -1.66. The smallest absolute Gasteiger partial charge is 0.294 e. The lowest BCUT2D eigenvalue weighted by Crippen LogP contribution is -2.18. The zero-order valence-electron chi connectivity index (χ0n) is 9.10. The molecule has 0 saturated heterocycles. The summed E-state index contributed by atoms with van der Waals surface area (Å²) in [5, 5.41) is 13.4. The summed E-state index contributed by atoms with van der Waals surface area (Å²) in [4.78, 5) is 21.5. The normalized spacial score (nSPS) is 10.0. The number of nitrogens with zero attached hydrogens (tertiary/aromatic N) is 1. The highest BCUT2D eigenvalue weighted by molar-refractivity contribution is 6.31. The lowest BCUT2D eigenvalue weighted by molar-refractivity contribution is -0.383. The van der Waals surface area contributed by atoms with Crippen LogP contribution in [0, 0.1) is 10.1 Å². The van der Waals surface area contributed by atoms with Crippen LogP contribution in [0.1, 0.15) is 6.92 Å². The van der Waals surface area contributed by atoms with Gasteiger partial charge in [-0.25, -0.2) is 0 Å². The van der Waals surface area contributed by atoms with Gasteiger partial charge < -0.3 is 10.1 Å². The van der Waals surface area contributed by atoms with E-state index in [9.17, 15) is 14.9 Å². The number of nitro benzene ring substituents is 1. The second-order valence-electron chi connectivity index (χ2n) is 3.10. The molecule has 1 aromatic rings. The molecule has 0 radical (unpaired) electrons. The second kappa shape index (κ2) is 6.17. The fraction of sp³-hybridized carbons (Fsp3) is 0.300. The monoisotopic (exact) mass is 258 g/mol. The summed E-state index contributed by atoms with van der Waals surface area (Å²) >= 11 is 5.64. The average Bonchev–Trinajstić information content (AvgIpc) is 2.28. The van der Waals surface area contributed by atoms with E-state index in [0.717, 1.165) is 0 Å². The molecule has 0 fully saturated rings. The Labute approximate surface area is 103 Å². The number of halogens is 1. The van der Waals surface area contributed by atoms with E-state index in [-0.39, 0.29) is 23.0 Å². The lowest BCUT2D eigenvalue weighted by Gasteiger charge is -2.06. The summed E-state index contributed by atoms with van der Waals surface area (Å²) in [5.41, 5.74) is -0.147. The highest BCUT2D eigenvalue weighted by Crippen LogP contribution is 2.27. The third-order valence-corrected chi connectivity index (χ3v) is 2.10. The number of nitro groups is 1. The standard InChI is InChI=1S/C10H11ClN2O4/c1-2-17-6-10(14)12-8-4-3-7(11)5-9(8)13(15)16/h3-5H,2,6H2,1H3,(H,12,14). The fourth-order valence-corrected chi connectivity index (χ4v) is 1.31. The predicted octanol–water partition coefficient (Wildman–Crippen LogP) is 2.22. The van der Waals surface area contributed by atoms with Crippen LogP contribution in [0.15, 0.2) is 18.2 Å². The van der Waals surface area contributed by atoms with Gasteiger partial charge in [0.1, 0.15) is 12.3 Å². The predicted molar refractivity (Wildman–Crippen MR) is 63.2 cm³/mol. The Morgan fingerprint density at radius 3 is 2.88 bits per heavy atom. The Bertz CT molecular complexity index is 436. The molecular formula is C10H11ClN2O4. The second-order valence-corrected chi connectivity index (χ2v) is 3.54. The van der Waals surface area contributed by atoms with Crippen LogP contribution in [0.25, 0.3) is 0 Å². The van der Waals surface area contributed by atoms with E-state index in [1.807, 2.05) is 0 Å². The minimum Gasteiger partial charge on any atom is -0.372 e. The minimum absolute atomic E-state index is 0.101. The summed E-state index contributed by atoms with van der Waals surface area (Å²) in [6.07, 6.45) is 0. The fourth-order valence-electron chi connectivity index (χ4n) is 1.14. The van der Waals surface area contributed by atoms with Crippen LogP contribution in [0.4, 0.5) is 11.4 Å². The van der Waals surface area contributed by atoms with E-state index in [2.05, 4.69) is 5.32 Å². The number of rotatable bonds is 5. The van der Waals surface area contributed by atoms with Gasteiger partial charge in [0.05, 0.1) is 4.92 Å². The molecule has 1 aromatic carbocycles. The first kappa shape index (κ1) is 13.4. The molecule has 0 unspecified atom stereocenters. The molecule has 0 atom stereocenters. The maximum Gasteiger partial charge on any atom is 0.294 e. The van der Waals surface area contributed by atoms with Gasteiger partial charge in [0.2, 0.25) is 0 Å². The maximum atomic E-state index is 11.3. The number of hydrogen-bond acceptors (Lipinski definition) is 4. The van der Waals surface area contributed by atoms with Gasteiger partial charge in [0.15, 0.2) is 0 Å². The Kier molecular flexibility index (Phi) is 4.86. The van der Waals surface area contributed by atoms with Gasteiger partial charge in [-0.2, -0.15) is 0 Å². The Morgan fingerprint density at radius 1 is 1.59 bits per heavy atom. The van der Waals surface area contributed by atoms with Crippen molar-refractivity contribution in [3.63, 3.8) is 0 Å². The van der Waals surface area contributed by atoms with E-state index in [0.29, 0.717) is 6.61 Å². The molecular weight excluding hydrogens is 248 g/mol. The molecule has 7 heteroatoms. The van der Waals surface area contributed by atoms with Crippen LogP contribution in [0.5, 0.6) is 0 Å². The number of ether oxygens (including phenoxy) is 1. The van der Waals surface area contributed by atoms with Crippen LogP contribution in [-0.2, 0) is 9.53 Å². The number of hydrogen-bond donors (Lipinski definition) is 1. The van der Waals surface area contributed by atoms with Gasteiger partial charge in [-0.1, -0.05) is 11.6 Å². The third-order valence-electron chi connectivity index (χ3n) is 1.87.